The molecule has 0 unspecified atom stereocenters. The summed E-state index contributed by atoms with van der Waals surface area (Å²) in [5.41, 5.74) is 0. The molecule has 2 aliphatic rings. The van der Waals surface area contributed by atoms with Gasteiger partial charge in [-0.05, 0) is 32.9 Å². The minimum absolute atomic E-state index is 0.226. The number of rotatable bonds is 3. The van der Waals surface area contributed by atoms with E-state index in [9.17, 15) is 13.2 Å². The van der Waals surface area contributed by atoms with Crippen LogP contribution in [0.3, 0.4) is 0 Å². The minimum atomic E-state index is -4.07. The summed E-state index contributed by atoms with van der Waals surface area (Å²) in [5, 5.41) is 3.51. The number of nitrogens with one attached hydrogen (secondary N) is 1. The Morgan fingerprint density at radius 1 is 1.11 bits per heavy atom. The topological polar surface area (TPSA) is 18.5 Å². The van der Waals surface area contributed by atoms with Crippen LogP contribution in [0.1, 0.15) is 19.3 Å². The Morgan fingerprint density at radius 3 is 2.50 bits per heavy atom. The second-order valence-electron chi connectivity index (χ2n) is 5.60. The molecule has 0 radical (unpaired) electrons. The van der Waals surface area contributed by atoms with E-state index >= 15 is 0 Å². The van der Waals surface area contributed by atoms with Crippen LogP contribution in [0.25, 0.3) is 0 Å². The van der Waals surface area contributed by atoms with Crippen molar-refractivity contribution in [2.24, 2.45) is 0 Å². The first-order valence-electron chi connectivity index (χ1n) is 6.66. The Kier molecular flexibility index (Phi) is 4.50. The van der Waals surface area contributed by atoms with Gasteiger partial charge in [0.15, 0.2) is 0 Å². The van der Waals surface area contributed by atoms with Crippen molar-refractivity contribution in [3.63, 3.8) is 0 Å². The van der Waals surface area contributed by atoms with Gasteiger partial charge in [0, 0.05) is 31.7 Å². The lowest BCUT2D eigenvalue weighted by Gasteiger charge is -2.32. The molecule has 0 bridgehead atoms. The molecular formula is C12H22F3N3. The predicted octanol–water partition coefficient (Wildman–Crippen LogP) is 1.31. The van der Waals surface area contributed by atoms with Crippen LogP contribution >= 0.6 is 0 Å². The molecule has 6 heteroatoms. The summed E-state index contributed by atoms with van der Waals surface area (Å²) in [7, 11) is 2.10. The number of likely N-dealkylation sites (N-methyl/N-ethyl adjacent to an activating group) is 1. The summed E-state index contributed by atoms with van der Waals surface area (Å²) in [6.45, 7) is 2.45. The molecule has 2 heterocycles. The van der Waals surface area contributed by atoms with Crippen molar-refractivity contribution in [1.29, 1.82) is 0 Å². The molecule has 3 nitrogen and oxygen atoms in total. The molecule has 2 rings (SSSR count). The molecule has 2 saturated heterocycles. The zero-order chi connectivity index (χ0) is 13.2. The normalized spacial score (nSPS) is 32.0. The first-order valence-corrected chi connectivity index (χ1v) is 6.66. The molecular weight excluding hydrogens is 243 g/mol. The molecule has 0 aromatic carbocycles. The van der Waals surface area contributed by atoms with Gasteiger partial charge in [-0.1, -0.05) is 0 Å². The zero-order valence-corrected chi connectivity index (χ0v) is 10.8. The average molecular weight is 265 g/mol. The lowest BCUT2D eigenvalue weighted by molar-refractivity contribution is -0.143. The summed E-state index contributed by atoms with van der Waals surface area (Å²) in [4.78, 5) is 3.79. The van der Waals surface area contributed by atoms with Crippen LogP contribution in [-0.2, 0) is 0 Å². The molecule has 106 valence electrons. The van der Waals surface area contributed by atoms with Crippen LogP contribution < -0.4 is 5.32 Å². The maximum atomic E-state index is 12.3. The highest BCUT2D eigenvalue weighted by molar-refractivity contribution is 4.87. The molecule has 2 aliphatic heterocycles. The van der Waals surface area contributed by atoms with E-state index in [1.807, 2.05) is 0 Å². The predicted molar refractivity (Wildman–Crippen MR) is 64.6 cm³/mol. The fourth-order valence-electron chi connectivity index (χ4n) is 3.00. The SMILES string of the molecule is CN1CCC[C@@H](N[C@@H]2CCN(CC(F)(F)F)C2)C1. The molecule has 0 aromatic rings. The van der Waals surface area contributed by atoms with Gasteiger partial charge in [-0.2, -0.15) is 13.2 Å². The zero-order valence-electron chi connectivity index (χ0n) is 10.8. The van der Waals surface area contributed by atoms with E-state index < -0.39 is 12.7 Å². The summed E-state index contributed by atoms with van der Waals surface area (Å²) in [5.74, 6) is 0. The molecule has 1 N–H and O–H groups in total. The summed E-state index contributed by atoms with van der Waals surface area (Å²) >= 11 is 0. The van der Waals surface area contributed by atoms with Gasteiger partial charge in [-0.15, -0.1) is 0 Å². The Hall–Kier alpha value is -0.330. The largest absolute Gasteiger partial charge is 0.401 e. The average Bonchev–Trinajstić information content (AvgIpc) is 2.62. The molecule has 2 atom stereocenters. The van der Waals surface area contributed by atoms with E-state index in [-0.39, 0.29) is 6.04 Å². The quantitative estimate of drug-likeness (QED) is 0.830. The van der Waals surface area contributed by atoms with Crippen LogP contribution in [0.15, 0.2) is 0 Å². The van der Waals surface area contributed by atoms with Gasteiger partial charge < -0.3 is 10.2 Å². The Balaban J connectivity index is 1.72. The van der Waals surface area contributed by atoms with Crippen LogP contribution in [0.5, 0.6) is 0 Å². The first-order chi connectivity index (χ1) is 8.42. The van der Waals surface area contributed by atoms with Crippen molar-refractivity contribution in [3.05, 3.63) is 0 Å². The van der Waals surface area contributed by atoms with E-state index in [1.54, 1.807) is 0 Å². The van der Waals surface area contributed by atoms with Gasteiger partial charge in [-0.25, -0.2) is 0 Å². The molecule has 0 saturated carbocycles. The van der Waals surface area contributed by atoms with Crippen molar-refractivity contribution in [2.45, 2.75) is 37.5 Å². The number of halogens is 3. The van der Waals surface area contributed by atoms with Gasteiger partial charge in [0.2, 0.25) is 0 Å². The molecule has 0 aromatic heterocycles. The monoisotopic (exact) mass is 265 g/mol. The lowest BCUT2D eigenvalue weighted by atomic mass is 10.1. The Morgan fingerprint density at radius 2 is 1.83 bits per heavy atom. The van der Waals surface area contributed by atoms with Gasteiger partial charge in [-0.3, -0.25) is 4.90 Å². The number of hydrogen-bond donors (Lipinski definition) is 1. The second-order valence-corrected chi connectivity index (χ2v) is 5.60. The summed E-state index contributed by atoms with van der Waals surface area (Å²) < 4.78 is 36.8. The maximum absolute atomic E-state index is 12.3. The minimum Gasteiger partial charge on any atom is -0.309 e. The van der Waals surface area contributed by atoms with Gasteiger partial charge in [0.05, 0.1) is 6.54 Å². The number of alkyl halides is 3. The Bertz CT molecular complexity index is 270. The van der Waals surface area contributed by atoms with E-state index in [1.165, 1.54) is 11.3 Å². The van der Waals surface area contributed by atoms with E-state index in [0.29, 0.717) is 19.1 Å². The Labute approximate surface area is 106 Å². The second kappa shape index (κ2) is 5.75. The molecule has 0 spiro atoms. The van der Waals surface area contributed by atoms with Crippen LogP contribution in [0, 0.1) is 0 Å². The molecule has 18 heavy (non-hydrogen) atoms. The standard InChI is InChI=1S/C12H22F3N3/c1-17-5-2-3-10(7-17)16-11-4-6-18(8-11)9-12(13,14)15/h10-11,16H,2-9H2,1H3/t10-,11-/m1/s1. The number of piperidine rings is 1. The fraction of sp³-hybridized carbons (Fsp3) is 1.00. The number of nitrogens with zero attached hydrogens (tertiary/aromatic N) is 2. The highest BCUT2D eigenvalue weighted by atomic mass is 19.4. The van der Waals surface area contributed by atoms with Crippen LogP contribution in [-0.4, -0.2) is 67.8 Å². The van der Waals surface area contributed by atoms with Gasteiger partial charge >= 0.3 is 6.18 Å². The lowest BCUT2D eigenvalue weighted by Crippen LogP contribution is -2.48. The van der Waals surface area contributed by atoms with Gasteiger partial charge in [0.25, 0.3) is 0 Å². The van der Waals surface area contributed by atoms with Crippen LogP contribution in [0.2, 0.25) is 0 Å². The van der Waals surface area contributed by atoms with E-state index in [0.717, 1.165) is 25.9 Å². The van der Waals surface area contributed by atoms with Crippen LogP contribution in [0.4, 0.5) is 13.2 Å². The molecule has 0 aliphatic carbocycles. The van der Waals surface area contributed by atoms with Crippen molar-refractivity contribution >= 4 is 0 Å². The summed E-state index contributed by atoms with van der Waals surface area (Å²) in [6.07, 6.45) is -0.927. The van der Waals surface area contributed by atoms with E-state index in [4.69, 9.17) is 0 Å². The first kappa shape index (κ1) is 14.1. The molecule has 0 amide bonds. The third-order valence-corrected chi connectivity index (χ3v) is 3.77. The third-order valence-electron chi connectivity index (χ3n) is 3.77. The smallest absolute Gasteiger partial charge is 0.309 e. The molecule has 2 fully saturated rings. The maximum Gasteiger partial charge on any atom is 0.401 e. The van der Waals surface area contributed by atoms with Gasteiger partial charge in [0.1, 0.15) is 0 Å². The van der Waals surface area contributed by atoms with Crippen molar-refractivity contribution in [2.75, 3.05) is 39.8 Å². The third kappa shape index (κ3) is 4.40. The summed E-state index contributed by atoms with van der Waals surface area (Å²) in [6, 6.07) is 0.670. The number of hydrogen-bond acceptors (Lipinski definition) is 3. The van der Waals surface area contributed by atoms with Crippen molar-refractivity contribution in [3.8, 4) is 0 Å². The van der Waals surface area contributed by atoms with E-state index in [2.05, 4.69) is 17.3 Å². The highest BCUT2D eigenvalue weighted by Crippen LogP contribution is 2.20. The van der Waals surface area contributed by atoms with Crippen molar-refractivity contribution < 1.29 is 13.2 Å². The van der Waals surface area contributed by atoms with Crippen molar-refractivity contribution in [1.82, 2.24) is 15.1 Å². The highest BCUT2D eigenvalue weighted by Gasteiger charge is 2.34. The fourth-order valence-corrected chi connectivity index (χ4v) is 3.00. The number of likely N-dealkylation sites (tertiary alicyclic amines) is 2.